The first-order valence-electron chi connectivity index (χ1n) is 11.5. The maximum absolute atomic E-state index is 13.3. The van der Waals surface area contributed by atoms with Crippen LogP contribution in [-0.4, -0.2) is 50.5 Å². The summed E-state index contributed by atoms with van der Waals surface area (Å²) in [6.07, 6.45) is 2.29. The quantitative estimate of drug-likeness (QED) is 0.418. The molecule has 0 aromatic heterocycles. The van der Waals surface area contributed by atoms with Gasteiger partial charge in [0.25, 0.3) is 0 Å². The van der Waals surface area contributed by atoms with Crippen LogP contribution in [0, 0.1) is 6.92 Å². The third-order valence-corrected chi connectivity index (χ3v) is 7.46. The molecule has 2 aromatic carbocycles. The number of rotatable bonds is 12. The molecule has 2 rings (SSSR count). The van der Waals surface area contributed by atoms with Gasteiger partial charge in [-0.05, 0) is 56.5 Å². The van der Waals surface area contributed by atoms with E-state index in [9.17, 15) is 18.0 Å². The van der Waals surface area contributed by atoms with Crippen LogP contribution < -0.4 is 9.62 Å². The minimum atomic E-state index is -3.53. The molecule has 2 aromatic rings. The van der Waals surface area contributed by atoms with Gasteiger partial charge in [-0.1, -0.05) is 53.9 Å². The molecule has 0 spiro atoms. The maximum atomic E-state index is 13.3. The molecule has 0 aliphatic carbocycles. The number of carbonyl (C=O) groups excluding carboxylic acids is 2. The highest BCUT2D eigenvalue weighted by Crippen LogP contribution is 2.24. The van der Waals surface area contributed by atoms with Crippen molar-refractivity contribution in [1.29, 1.82) is 0 Å². The zero-order valence-electron chi connectivity index (χ0n) is 20.6. The highest BCUT2D eigenvalue weighted by molar-refractivity contribution is 7.92. The molecule has 1 N–H and O–H groups in total. The minimum absolute atomic E-state index is 0.0740. The number of hydrogen-bond acceptors (Lipinski definition) is 4. The topological polar surface area (TPSA) is 86.8 Å². The molecule has 0 aliphatic heterocycles. The first-order valence-corrected chi connectivity index (χ1v) is 14.1. The number of anilines is 1. The van der Waals surface area contributed by atoms with E-state index in [-0.39, 0.29) is 31.3 Å². The van der Waals surface area contributed by atoms with E-state index in [1.807, 2.05) is 26.0 Å². The van der Waals surface area contributed by atoms with Gasteiger partial charge >= 0.3 is 0 Å². The van der Waals surface area contributed by atoms with Crippen molar-refractivity contribution in [2.75, 3.05) is 23.7 Å². The fraction of sp³-hybridized carbons (Fsp3) is 0.440. The first-order chi connectivity index (χ1) is 16.4. The number of amides is 2. The van der Waals surface area contributed by atoms with Gasteiger partial charge in [-0.25, -0.2) is 8.42 Å². The van der Waals surface area contributed by atoms with Crippen LogP contribution >= 0.6 is 23.2 Å². The Labute approximate surface area is 218 Å². The summed E-state index contributed by atoms with van der Waals surface area (Å²) in [4.78, 5) is 27.4. The highest BCUT2D eigenvalue weighted by atomic mass is 35.5. The van der Waals surface area contributed by atoms with Gasteiger partial charge in [0.05, 0.1) is 22.0 Å². The van der Waals surface area contributed by atoms with Crippen LogP contribution in [0.3, 0.4) is 0 Å². The van der Waals surface area contributed by atoms with Crippen LogP contribution in [0.1, 0.15) is 44.2 Å². The lowest BCUT2D eigenvalue weighted by molar-refractivity contribution is -0.140. The van der Waals surface area contributed by atoms with Crippen molar-refractivity contribution in [3.05, 3.63) is 63.6 Å². The largest absolute Gasteiger partial charge is 0.354 e. The fourth-order valence-corrected chi connectivity index (χ4v) is 4.81. The van der Waals surface area contributed by atoms with Gasteiger partial charge in [0.2, 0.25) is 21.8 Å². The lowest BCUT2D eigenvalue weighted by atomic mass is 10.1. The predicted molar refractivity (Wildman–Crippen MR) is 142 cm³/mol. The second-order valence-electron chi connectivity index (χ2n) is 8.51. The fourth-order valence-electron chi connectivity index (χ4n) is 3.53. The molecule has 10 heteroatoms. The molecular weight excluding hydrogens is 509 g/mol. The molecule has 0 saturated heterocycles. The van der Waals surface area contributed by atoms with Crippen molar-refractivity contribution in [3.63, 3.8) is 0 Å². The Morgan fingerprint density at radius 1 is 1.06 bits per heavy atom. The average Bonchev–Trinajstić information content (AvgIpc) is 2.80. The molecule has 0 bridgehead atoms. The van der Waals surface area contributed by atoms with Crippen molar-refractivity contribution in [3.8, 4) is 0 Å². The van der Waals surface area contributed by atoms with Crippen LogP contribution in [-0.2, 0) is 26.2 Å². The van der Waals surface area contributed by atoms with Crippen molar-refractivity contribution in [2.24, 2.45) is 0 Å². The summed E-state index contributed by atoms with van der Waals surface area (Å²) >= 11 is 12.2. The Bertz CT molecular complexity index is 1120. The Morgan fingerprint density at radius 3 is 2.29 bits per heavy atom. The number of hydrogen-bond donors (Lipinski definition) is 1. The van der Waals surface area contributed by atoms with E-state index in [0.717, 1.165) is 23.8 Å². The Kier molecular flexibility index (Phi) is 10.9. The number of nitrogens with one attached hydrogen (secondary N) is 1. The second-order valence-corrected chi connectivity index (χ2v) is 11.2. The lowest BCUT2D eigenvalue weighted by Crippen LogP contribution is -2.47. The molecule has 7 nitrogen and oxygen atoms in total. The smallest absolute Gasteiger partial charge is 0.242 e. The minimum Gasteiger partial charge on any atom is -0.354 e. The summed E-state index contributed by atoms with van der Waals surface area (Å²) in [6.45, 7) is 6.38. The molecular formula is C25H33Cl2N3O4S. The highest BCUT2D eigenvalue weighted by Gasteiger charge is 2.26. The standard InChI is InChI=1S/C25H33Cl2N3O4S/c1-5-14-28-25(32)19(3)29(17-20-10-13-22(26)23(27)16-20)24(31)7-6-15-30(35(4,33)34)21-11-8-18(2)9-12-21/h8-13,16,19H,5-7,14-15,17H2,1-4H3,(H,28,32). The summed E-state index contributed by atoms with van der Waals surface area (Å²) in [6, 6.07) is 11.5. The zero-order chi connectivity index (χ0) is 26.2. The zero-order valence-corrected chi connectivity index (χ0v) is 22.9. The van der Waals surface area contributed by atoms with Gasteiger partial charge in [0, 0.05) is 26.1 Å². The molecule has 1 unspecified atom stereocenters. The second kappa shape index (κ2) is 13.1. The number of aryl methyl sites for hydroxylation is 1. The Balaban J connectivity index is 2.17. The van der Waals surface area contributed by atoms with Crippen molar-refractivity contribution in [1.82, 2.24) is 10.2 Å². The van der Waals surface area contributed by atoms with Crippen LogP contribution in [0.2, 0.25) is 10.0 Å². The molecule has 0 aliphatic rings. The van der Waals surface area contributed by atoms with Crippen LogP contribution in [0.4, 0.5) is 5.69 Å². The van der Waals surface area contributed by atoms with Gasteiger partial charge in [0.1, 0.15) is 6.04 Å². The third kappa shape index (κ3) is 8.70. The monoisotopic (exact) mass is 541 g/mol. The molecule has 0 heterocycles. The Hall–Kier alpha value is -2.29. The lowest BCUT2D eigenvalue weighted by Gasteiger charge is -2.29. The number of halogens is 2. The summed E-state index contributed by atoms with van der Waals surface area (Å²) < 4.78 is 26.1. The maximum Gasteiger partial charge on any atom is 0.242 e. The summed E-state index contributed by atoms with van der Waals surface area (Å²) in [7, 11) is -3.53. The van der Waals surface area contributed by atoms with Gasteiger partial charge in [-0.3, -0.25) is 13.9 Å². The SMILES string of the molecule is CCCNC(=O)C(C)N(Cc1ccc(Cl)c(Cl)c1)C(=O)CCCN(c1ccc(C)cc1)S(C)(=O)=O. The van der Waals surface area contributed by atoms with Gasteiger partial charge < -0.3 is 10.2 Å². The molecule has 2 amide bonds. The van der Waals surface area contributed by atoms with E-state index in [2.05, 4.69) is 5.32 Å². The van der Waals surface area contributed by atoms with E-state index in [4.69, 9.17) is 23.2 Å². The molecule has 1 atom stereocenters. The normalized spacial score (nSPS) is 12.2. The molecule has 192 valence electrons. The van der Waals surface area contributed by atoms with E-state index < -0.39 is 16.1 Å². The van der Waals surface area contributed by atoms with Crippen LogP contribution in [0.25, 0.3) is 0 Å². The molecule has 0 fully saturated rings. The first kappa shape index (κ1) is 28.9. The number of sulfonamides is 1. The third-order valence-electron chi connectivity index (χ3n) is 5.53. The van der Waals surface area contributed by atoms with E-state index >= 15 is 0 Å². The van der Waals surface area contributed by atoms with Gasteiger partial charge in [0.15, 0.2) is 0 Å². The summed E-state index contributed by atoms with van der Waals surface area (Å²) in [5, 5.41) is 3.59. The van der Waals surface area contributed by atoms with Crippen LogP contribution in [0.15, 0.2) is 42.5 Å². The van der Waals surface area contributed by atoms with Crippen LogP contribution in [0.5, 0.6) is 0 Å². The van der Waals surface area contributed by atoms with E-state index in [1.165, 1.54) is 9.21 Å². The molecule has 0 saturated carbocycles. The Morgan fingerprint density at radius 2 is 1.71 bits per heavy atom. The van der Waals surface area contributed by atoms with Crippen molar-refractivity contribution in [2.45, 2.75) is 52.6 Å². The number of nitrogens with zero attached hydrogens (tertiary/aromatic N) is 2. The summed E-state index contributed by atoms with van der Waals surface area (Å²) in [5.41, 5.74) is 2.30. The van der Waals surface area contributed by atoms with Gasteiger partial charge in [-0.2, -0.15) is 0 Å². The van der Waals surface area contributed by atoms with Crippen molar-refractivity contribution >= 4 is 50.7 Å². The number of carbonyl (C=O) groups is 2. The number of benzene rings is 2. The van der Waals surface area contributed by atoms with E-state index in [1.54, 1.807) is 37.3 Å². The van der Waals surface area contributed by atoms with Gasteiger partial charge in [-0.15, -0.1) is 0 Å². The molecule has 35 heavy (non-hydrogen) atoms. The van der Waals surface area contributed by atoms with Crippen molar-refractivity contribution < 1.29 is 18.0 Å². The average molecular weight is 543 g/mol. The molecule has 0 radical (unpaired) electrons. The summed E-state index contributed by atoms with van der Waals surface area (Å²) in [5.74, 6) is -0.509. The van der Waals surface area contributed by atoms with E-state index in [0.29, 0.717) is 28.7 Å². The predicted octanol–water partition coefficient (Wildman–Crippen LogP) is 4.79.